The molecular formula is C22H22N2O7S. The Bertz CT molecular complexity index is 1140. The lowest BCUT2D eigenvalue weighted by molar-refractivity contribution is 0.0527. The van der Waals surface area contributed by atoms with Gasteiger partial charge in [-0.25, -0.2) is 4.79 Å². The van der Waals surface area contributed by atoms with Crippen LogP contribution in [0.25, 0.3) is 0 Å². The van der Waals surface area contributed by atoms with Gasteiger partial charge in [0.15, 0.2) is 5.76 Å². The summed E-state index contributed by atoms with van der Waals surface area (Å²) in [5.41, 5.74) is 0.918. The highest BCUT2D eigenvalue weighted by Gasteiger charge is 2.27. The Morgan fingerprint density at radius 3 is 2.47 bits per heavy atom. The summed E-state index contributed by atoms with van der Waals surface area (Å²) in [5.74, 6) is -0.619. The average molecular weight is 458 g/mol. The van der Waals surface area contributed by atoms with Crippen LogP contribution in [-0.4, -0.2) is 38.6 Å². The van der Waals surface area contributed by atoms with Crippen LogP contribution in [0, 0.1) is 6.92 Å². The van der Waals surface area contributed by atoms with Crippen molar-refractivity contribution in [1.82, 2.24) is 0 Å². The molecule has 0 saturated heterocycles. The smallest absolute Gasteiger partial charge is 0.341 e. The molecule has 2 N–H and O–H groups in total. The molecular weight excluding hydrogens is 436 g/mol. The monoisotopic (exact) mass is 458 g/mol. The summed E-state index contributed by atoms with van der Waals surface area (Å²) in [6.45, 7) is 3.43. The number of furan rings is 1. The van der Waals surface area contributed by atoms with Gasteiger partial charge in [0.1, 0.15) is 16.5 Å². The molecule has 1 aromatic carbocycles. The number of carbonyl (C=O) groups is 3. The highest BCUT2D eigenvalue weighted by Crippen LogP contribution is 2.36. The molecule has 9 nitrogen and oxygen atoms in total. The molecule has 2 heterocycles. The standard InChI is InChI=1S/C22H22N2O7S/c1-5-30-22(27)17-12(2)18(32-21(17)24-19(25)15-7-6-10-31-15)20(26)23-14-9-8-13(28-3)11-16(14)29-4/h6-11H,5H2,1-4H3,(H,23,26)(H,24,25). The number of ether oxygens (including phenoxy) is 3. The molecule has 0 aliphatic rings. The number of hydrogen-bond donors (Lipinski definition) is 2. The van der Waals surface area contributed by atoms with E-state index < -0.39 is 17.8 Å². The van der Waals surface area contributed by atoms with E-state index in [9.17, 15) is 14.4 Å². The molecule has 0 saturated carbocycles. The van der Waals surface area contributed by atoms with Crippen LogP contribution in [0.15, 0.2) is 41.0 Å². The molecule has 0 unspecified atom stereocenters. The van der Waals surface area contributed by atoms with Crippen molar-refractivity contribution in [1.29, 1.82) is 0 Å². The second-order valence-corrected chi connectivity index (χ2v) is 7.45. The largest absolute Gasteiger partial charge is 0.497 e. The molecule has 2 aromatic heterocycles. The fourth-order valence-electron chi connectivity index (χ4n) is 2.92. The van der Waals surface area contributed by atoms with Crippen LogP contribution in [0.3, 0.4) is 0 Å². The molecule has 0 radical (unpaired) electrons. The molecule has 3 rings (SSSR count). The predicted octanol–water partition coefficient (Wildman–Crippen LogP) is 4.35. The average Bonchev–Trinajstić information content (AvgIpc) is 3.42. The summed E-state index contributed by atoms with van der Waals surface area (Å²) >= 11 is 0.962. The van der Waals surface area contributed by atoms with Crippen molar-refractivity contribution in [3.63, 3.8) is 0 Å². The van der Waals surface area contributed by atoms with E-state index >= 15 is 0 Å². The van der Waals surface area contributed by atoms with Crippen molar-refractivity contribution in [3.05, 3.63) is 58.4 Å². The van der Waals surface area contributed by atoms with Crippen LogP contribution in [0.1, 0.15) is 43.1 Å². The number of hydrogen-bond acceptors (Lipinski definition) is 8. The van der Waals surface area contributed by atoms with Crippen LogP contribution in [0.5, 0.6) is 11.5 Å². The van der Waals surface area contributed by atoms with Gasteiger partial charge in [-0.15, -0.1) is 11.3 Å². The van der Waals surface area contributed by atoms with Crippen LogP contribution >= 0.6 is 11.3 Å². The first kappa shape index (κ1) is 22.9. The van der Waals surface area contributed by atoms with E-state index in [1.165, 1.54) is 26.5 Å². The van der Waals surface area contributed by atoms with Crippen LogP contribution in [0.4, 0.5) is 10.7 Å². The number of thiophene rings is 1. The van der Waals surface area contributed by atoms with Gasteiger partial charge >= 0.3 is 5.97 Å². The number of nitrogens with one attached hydrogen (secondary N) is 2. The third kappa shape index (κ3) is 4.75. The second-order valence-electron chi connectivity index (χ2n) is 6.43. The molecule has 2 amide bonds. The van der Waals surface area contributed by atoms with Gasteiger partial charge in [0.25, 0.3) is 11.8 Å². The van der Waals surface area contributed by atoms with Gasteiger partial charge in [0.05, 0.1) is 43.2 Å². The Kier molecular flexibility index (Phi) is 7.16. The summed E-state index contributed by atoms with van der Waals surface area (Å²) in [7, 11) is 3.00. The van der Waals surface area contributed by atoms with E-state index in [-0.39, 0.29) is 27.8 Å². The van der Waals surface area contributed by atoms with Crippen molar-refractivity contribution < 1.29 is 33.0 Å². The summed E-state index contributed by atoms with van der Waals surface area (Å²) in [6.07, 6.45) is 1.36. The number of carbonyl (C=O) groups excluding carboxylic acids is 3. The zero-order valence-electron chi connectivity index (χ0n) is 17.9. The maximum absolute atomic E-state index is 13.0. The first-order valence-electron chi connectivity index (χ1n) is 9.58. The Labute approximate surface area is 188 Å². The Hall–Kier alpha value is -3.79. The lowest BCUT2D eigenvalue weighted by Crippen LogP contribution is -2.15. The third-order valence-corrected chi connectivity index (χ3v) is 5.67. The normalized spacial score (nSPS) is 10.4. The van der Waals surface area contributed by atoms with Crippen molar-refractivity contribution in [3.8, 4) is 11.5 Å². The molecule has 168 valence electrons. The Morgan fingerprint density at radius 2 is 1.84 bits per heavy atom. The number of esters is 1. The van der Waals surface area contributed by atoms with Crippen molar-refractivity contribution in [2.75, 3.05) is 31.5 Å². The van der Waals surface area contributed by atoms with Crippen molar-refractivity contribution >= 4 is 39.8 Å². The summed E-state index contributed by atoms with van der Waals surface area (Å²) in [5, 5.41) is 5.59. The molecule has 3 aromatic rings. The fourth-order valence-corrected chi connectivity index (χ4v) is 4.01. The molecule has 0 fully saturated rings. The van der Waals surface area contributed by atoms with E-state index in [0.29, 0.717) is 22.7 Å². The van der Waals surface area contributed by atoms with Gasteiger partial charge in [-0.3, -0.25) is 9.59 Å². The summed E-state index contributed by atoms with van der Waals surface area (Å²) in [6, 6.07) is 8.02. The summed E-state index contributed by atoms with van der Waals surface area (Å²) in [4.78, 5) is 38.3. The number of anilines is 2. The van der Waals surface area contributed by atoms with E-state index in [4.69, 9.17) is 18.6 Å². The predicted molar refractivity (Wildman–Crippen MR) is 119 cm³/mol. The van der Waals surface area contributed by atoms with Crippen molar-refractivity contribution in [2.24, 2.45) is 0 Å². The molecule has 0 atom stereocenters. The van der Waals surface area contributed by atoms with Gasteiger partial charge in [0, 0.05) is 6.07 Å². The minimum absolute atomic E-state index is 0.0693. The SMILES string of the molecule is CCOC(=O)c1c(NC(=O)c2ccco2)sc(C(=O)Nc2ccc(OC)cc2OC)c1C. The van der Waals surface area contributed by atoms with E-state index in [2.05, 4.69) is 10.6 Å². The topological polar surface area (TPSA) is 116 Å². The maximum atomic E-state index is 13.0. The zero-order chi connectivity index (χ0) is 23.3. The number of benzene rings is 1. The van der Waals surface area contributed by atoms with Crippen LogP contribution < -0.4 is 20.1 Å². The maximum Gasteiger partial charge on any atom is 0.341 e. The van der Waals surface area contributed by atoms with Crippen LogP contribution in [-0.2, 0) is 4.74 Å². The highest BCUT2D eigenvalue weighted by atomic mass is 32.1. The molecule has 0 aliphatic carbocycles. The molecule has 10 heteroatoms. The van der Waals surface area contributed by atoms with Gasteiger partial charge in [-0.2, -0.15) is 0 Å². The fraction of sp³-hybridized carbons (Fsp3) is 0.227. The van der Waals surface area contributed by atoms with Crippen LogP contribution in [0.2, 0.25) is 0 Å². The zero-order valence-corrected chi connectivity index (χ0v) is 18.8. The third-order valence-electron chi connectivity index (χ3n) is 4.46. The minimum atomic E-state index is -0.642. The Morgan fingerprint density at radius 1 is 1.06 bits per heavy atom. The highest BCUT2D eigenvalue weighted by molar-refractivity contribution is 7.19. The molecule has 0 spiro atoms. The second kappa shape index (κ2) is 10.0. The first-order valence-corrected chi connectivity index (χ1v) is 10.4. The van der Waals surface area contributed by atoms with Gasteiger partial charge in [-0.05, 0) is 43.7 Å². The molecule has 32 heavy (non-hydrogen) atoms. The summed E-state index contributed by atoms with van der Waals surface area (Å²) < 4.78 is 20.7. The van der Waals surface area contributed by atoms with E-state index in [1.54, 1.807) is 38.1 Å². The van der Waals surface area contributed by atoms with Gasteiger partial charge in [-0.1, -0.05) is 0 Å². The van der Waals surface area contributed by atoms with E-state index in [1.807, 2.05) is 0 Å². The number of rotatable bonds is 8. The van der Waals surface area contributed by atoms with Crippen molar-refractivity contribution in [2.45, 2.75) is 13.8 Å². The van der Waals surface area contributed by atoms with E-state index in [0.717, 1.165) is 11.3 Å². The lowest BCUT2D eigenvalue weighted by Gasteiger charge is -2.11. The molecule has 0 bridgehead atoms. The number of methoxy groups -OCH3 is 2. The minimum Gasteiger partial charge on any atom is -0.497 e. The Balaban J connectivity index is 1.94. The quantitative estimate of drug-likeness (QED) is 0.482. The lowest BCUT2D eigenvalue weighted by atomic mass is 10.1. The number of amides is 2. The van der Waals surface area contributed by atoms with Gasteiger partial charge in [0.2, 0.25) is 0 Å². The molecule has 0 aliphatic heterocycles. The van der Waals surface area contributed by atoms with Gasteiger partial charge < -0.3 is 29.3 Å². The first-order chi connectivity index (χ1) is 15.4.